The van der Waals surface area contributed by atoms with Crippen LogP contribution < -0.4 is 29.1 Å². The molecule has 1 aliphatic heterocycles. The van der Waals surface area contributed by atoms with Crippen LogP contribution in [0.15, 0.2) is 87.8 Å². The summed E-state index contributed by atoms with van der Waals surface area (Å²) in [6.45, 7) is 6.33. The Morgan fingerprint density at radius 3 is 2.49 bits per heavy atom. The number of hydrogen-bond acceptors (Lipinski definition) is 8. The fourth-order valence-corrected chi connectivity index (χ4v) is 6.06. The molecule has 222 valence electrons. The van der Waals surface area contributed by atoms with E-state index in [4.69, 9.17) is 30.5 Å². The van der Waals surface area contributed by atoms with Gasteiger partial charge in [-0.3, -0.25) is 9.36 Å². The van der Waals surface area contributed by atoms with Crippen molar-refractivity contribution in [1.82, 2.24) is 4.57 Å². The first kappa shape index (κ1) is 30.1. The molecule has 4 aromatic rings. The van der Waals surface area contributed by atoms with E-state index in [0.29, 0.717) is 61.7 Å². The second-order valence-electron chi connectivity index (χ2n) is 9.59. The zero-order valence-corrected chi connectivity index (χ0v) is 25.8. The Morgan fingerprint density at radius 1 is 1.02 bits per heavy atom. The third-order valence-corrected chi connectivity index (χ3v) is 8.20. The van der Waals surface area contributed by atoms with Gasteiger partial charge in [0.25, 0.3) is 5.56 Å². The Balaban J connectivity index is 1.53. The second-order valence-corrected chi connectivity index (χ2v) is 11.0. The second kappa shape index (κ2) is 13.3. The summed E-state index contributed by atoms with van der Waals surface area (Å²) in [4.78, 5) is 32.3. The highest BCUT2D eigenvalue weighted by atomic mass is 35.5. The molecule has 0 spiro atoms. The lowest BCUT2D eigenvalue weighted by Crippen LogP contribution is -2.40. The molecule has 2 heterocycles. The van der Waals surface area contributed by atoms with Crippen LogP contribution in [-0.2, 0) is 16.1 Å². The van der Waals surface area contributed by atoms with Crippen molar-refractivity contribution in [3.63, 3.8) is 0 Å². The summed E-state index contributed by atoms with van der Waals surface area (Å²) in [6.07, 6.45) is 1.81. The molecule has 8 nitrogen and oxygen atoms in total. The molecule has 1 aromatic heterocycles. The number of allylic oxidation sites excluding steroid dienone is 1. The van der Waals surface area contributed by atoms with Crippen molar-refractivity contribution in [2.75, 3.05) is 20.3 Å². The summed E-state index contributed by atoms with van der Waals surface area (Å²) in [6, 6.07) is 19.6. The van der Waals surface area contributed by atoms with Crippen molar-refractivity contribution in [3.8, 4) is 17.2 Å². The Morgan fingerprint density at radius 2 is 1.79 bits per heavy atom. The van der Waals surface area contributed by atoms with Crippen LogP contribution >= 0.6 is 22.9 Å². The average Bonchev–Trinajstić information content (AvgIpc) is 3.30. The number of benzene rings is 3. The molecule has 0 saturated carbocycles. The molecule has 43 heavy (non-hydrogen) atoms. The van der Waals surface area contributed by atoms with Gasteiger partial charge in [-0.25, -0.2) is 9.79 Å². The predicted molar refractivity (Wildman–Crippen MR) is 167 cm³/mol. The molecular formula is C33H31ClN2O6S. The zero-order chi connectivity index (χ0) is 30.5. The number of aromatic nitrogens is 1. The van der Waals surface area contributed by atoms with Crippen LogP contribution in [0.5, 0.6) is 17.2 Å². The summed E-state index contributed by atoms with van der Waals surface area (Å²) < 4.78 is 24.6. The number of ether oxygens (including phenoxy) is 4. The monoisotopic (exact) mass is 618 g/mol. The van der Waals surface area contributed by atoms with Crippen molar-refractivity contribution in [2.24, 2.45) is 4.99 Å². The van der Waals surface area contributed by atoms with Gasteiger partial charge in [0.2, 0.25) is 0 Å². The SMILES string of the molecule is CCOC(=O)C1=C(C)N=c2s/c(=C\c3ccc(OCc4ccccc4Cl)cc3)c(=O)n2[C@@H]1c1ccc(OC)c(OCC)c1. The minimum Gasteiger partial charge on any atom is -0.493 e. The highest BCUT2D eigenvalue weighted by molar-refractivity contribution is 7.07. The summed E-state index contributed by atoms with van der Waals surface area (Å²) in [7, 11) is 1.56. The summed E-state index contributed by atoms with van der Waals surface area (Å²) in [5.74, 6) is 1.22. The molecule has 0 bridgehead atoms. The van der Waals surface area contributed by atoms with E-state index in [1.54, 1.807) is 37.7 Å². The molecule has 0 amide bonds. The molecule has 10 heteroatoms. The zero-order valence-electron chi connectivity index (χ0n) is 24.3. The predicted octanol–water partition coefficient (Wildman–Crippen LogP) is 5.44. The van der Waals surface area contributed by atoms with Crippen molar-refractivity contribution < 1.29 is 23.7 Å². The summed E-state index contributed by atoms with van der Waals surface area (Å²) >= 11 is 7.50. The molecule has 0 unspecified atom stereocenters. The fraction of sp³-hybridized carbons (Fsp3) is 0.242. The van der Waals surface area contributed by atoms with Gasteiger partial charge in [0.1, 0.15) is 12.4 Å². The van der Waals surface area contributed by atoms with Crippen LogP contribution in [-0.4, -0.2) is 30.9 Å². The lowest BCUT2D eigenvalue weighted by Gasteiger charge is -2.25. The number of thiazole rings is 1. The number of halogens is 1. The van der Waals surface area contributed by atoms with Gasteiger partial charge in [-0.1, -0.05) is 59.3 Å². The van der Waals surface area contributed by atoms with E-state index < -0.39 is 12.0 Å². The van der Waals surface area contributed by atoms with Gasteiger partial charge in [-0.05, 0) is 68.3 Å². The molecule has 0 saturated heterocycles. The van der Waals surface area contributed by atoms with E-state index in [9.17, 15) is 9.59 Å². The lowest BCUT2D eigenvalue weighted by molar-refractivity contribution is -0.139. The molecule has 3 aromatic carbocycles. The number of carbonyl (C=O) groups is 1. The first-order chi connectivity index (χ1) is 20.8. The van der Waals surface area contributed by atoms with Gasteiger partial charge < -0.3 is 18.9 Å². The fourth-order valence-electron chi connectivity index (χ4n) is 4.83. The normalized spacial score (nSPS) is 14.6. The highest BCUT2D eigenvalue weighted by Gasteiger charge is 2.34. The first-order valence-corrected chi connectivity index (χ1v) is 15.0. The number of rotatable bonds is 10. The molecule has 1 aliphatic rings. The van der Waals surface area contributed by atoms with E-state index in [1.807, 2.05) is 67.6 Å². The number of nitrogens with zero attached hydrogens (tertiary/aromatic N) is 2. The molecular weight excluding hydrogens is 588 g/mol. The van der Waals surface area contributed by atoms with E-state index in [2.05, 4.69) is 4.99 Å². The number of esters is 1. The Hall–Kier alpha value is -4.34. The van der Waals surface area contributed by atoms with Gasteiger partial charge >= 0.3 is 5.97 Å². The molecule has 0 N–H and O–H groups in total. The van der Waals surface area contributed by atoms with Gasteiger partial charge in [0.05, 0.1) is 42.2 Å². The van der Waals surface area contributed by atoms with Crippen LogP contribution in [0, 0.1) is 0 Å². The minimum absolute atomic E-state index is 0.192. The smallest absolute Gasteiger partial charge is 0.338 e. The Labute approximate surface area is 258 Å². The van der Waals surface area contributed by atoms with E-state index >= 15 is 0 Å². The maximum atomic E-state index is 13.9. The summed E-state index contributed by atoms with van der Waals surface area (Å²) in [5, 5.41) is 0.651. The van der Waals surface area contributed by atoms with Crippen LogP contribution in [0.2, 0.25) is 5.02 Å². The van der Waals surface area contributed by atoms with Crippen LogP contribution in [0.1, 0.15) is 43.5 Å². The van der Waals surface area contributed by atoms with E-state index in [1.165, 1.54) is 11.3 Å². The van der Waals surface area contributed by atoms with Crippen LogP contribution in [0.25, 0.3) is 6.08 Å². The van der Waals surface area contributed by atoms with E-state index in [0.717, 1.165) is 11.1 Å². The number of carbonyl (C=O) groups excluding carboxylic acids is 1. The molecule has 0 radical (unpaired) electrons. The Bertz CT molecular complexity index is 1860. The highest BCUT2D eigenvalue weighted by Crippen LogP contribution is 2.36. The van der Waals surface area contributed by atoms with Gasteiger partial charge in [-0.15, -0.1) is 0 Å². The average molecular weight is 619 g/mol. The lowest BCUT2D eigenvalue weighted by atomic mass is 9.95. The Kier molecular flexibility index (Phi) is 9.33. The van der Waals surface area contributed by atoms with Crippen LogP contribution in [0.3, 0.4) is 0 Å². The molecule has 5 rings (SSSR count). The van der Waals surface area contributed by atoms with Gasteiger partial charge in [0.15, 0.2) is 16.3 Å². The number of fused-ring (bicyclic) bond motifs is 1. The van der Waals surface area contributed by atoms with Crippen molar-refractivity contribution >= 4 is 35.0 Å². The number of hydrogen-bond donors (Lipinski definition) is 0. The van der Waals surface area contributed by atoms with E-state index in [-0.39, 0.29) is 12.2 Å². The molecule has 0 aliphatic carbocycles. The standard InChI is InChI=1S/C33H31ClN2O6S/c1-5-40-27-18-22(13-16-26(27)39-4)30-29(32(38)41-6-2)20(3)35-33-36(30)31(37)28(43-33)17-21-11-14-24(15-12-21)42-19-23-9-7-8-10-25(23)34/h7-18,30H,5-6,19H2,1-4H3/b28-17-/t30-/m1/s1. The van der Waals surface area contributed by atoms with Crippen molar-refractivity contribution in [1.29, 1.82) is 0 Å². The third kappa shape index (κ3) is 6.38. The molecule has 0 fully saturated rings. The quantitative estimate of drug-likeness (QED) is 0.220. The van der Waals surface area contributed by atoms with Gasteiger partial charge in [0, 0.05) is 10.6 Å². The minimum atomic E-state index is -0.761. The van der Waals surface area contributed by atoms with Crippen molar-refractivity contribution in [2.45, 2.75) is 33.4 Å². The maximum absolute atomic E-state index is 13.9. The topological polar surface area (TPSA) is 88.4 Å². The van der Waals surface area contributed by atoms with Crippen LogP contribution in [0.4, 0.5) is 0 Å². The largest absolute Gasteiger partial charge is 0.493 e. The third-order valence-electron chi connectivity index (χ3n) is 6.85. The first-order valence-electron chi connectivity index (χ1n) is 13.8. The van der Waals surface area contributed by atoms with Crippen molar-refractivity contribution in [3.05, 3.63) is 119 Å². The number of methoxy groups -OCH3 is 1. The molecule has 1 atom stereocenters. The summed E-state index contributed by atoms with van der Waals surface area (Å²) in [5.41, 5.74) is 2.91. The van der Waals surface area contributed by atoms with Gasteiger partial charge in [-0.2, -0.15) is 0 Å². The maximum Gasteiger partial charge on any atom is 0.338 e.